The maximum Gasteiger partial charge on any atom is 0.264 e. The second-order valence-electron chi connectivity index (χ2n) is 10.8. The minimum atomic E-state index is -4.21. The third kappa shape index (κ3) is 8.00. The van der Waals surface area contributed by atoms with Gasteiger partial charge in [-0.25, -0.2) is 8.42 Å². The van der Waals surface area contributed by atoms with E-state index in [1.165, 1.54) is 24.1 Å². The topological polar surface area (TPSA) is 105 Å². The molecule has 3 aromatic carbocycles. The highest BCUT2D eigenvalue weighted by atomic mass is 32.2. The van der Waals surface area contributed by atoms with Crippen molar-refractivity contribution in [2.45, 2.75) is 57.6 Å². The van der Waals surface area contributed by atoms with Crippen LogP contribution in [0.4, 0.5) is 5.69 Å². The summed E-state index contributed by atoms with van der Waals surface area (Å²) in [5.74, 6) is -0.0434. The number of anilines is 1. The molecule has 1 atom stereocenters. The zero-order valence-corrected chi connectivity index (χ0v) is 25.5. The van der Waals surface area contributed by atoms with Crippen LogP contribution in [0, 0.1) is 6.92 Å². The lowest BCUT2D eigenvalue weighted by Gasteiger charge is -2.33. The van der Waals surface area contributed by atoms with Crippen molar-refractivity contribution in [1.29, 1.82) is 0 Å². The second-order valence-corrected chi connectivity index (χ2v) is 12.6. The average Bonchev–Trinajstić information content (AvgIpc) is 2.93. The van der Waals surface area contributed by atoms with E-state index in [4.69, 9.17) is 9.47 Å². The molecule has 2 amide bonds. The minimum Gasteiger partial charge on any atom is -0.497 e. The smallest absolute Gasteiger partial charge is 0.264 e. The fourth-order valence-corrected chi connectivity index (χ4v) is 5.64. The summed E-state index contributed by atoms with van der Waals surface area (Å²) in [4.78, 5) is 28.7. The van der Waals surface area contributed by atoms with E-state index < -0.39 is 34.1 Å². The molecule has 0 bridgehead atoms. The van der Waals surface area contributed by atoms with E-state index in [-0.39, 0.29) is 28.8 Å². The SMILES string of the molecule is COc1cccc(CN(C(=O)CN(c2ccccc2OC)S(=O)(=O)c2ccc(C)cc2)C(C)C(=O)NC(C)(C)C)c1. The summed E-state index contributed by atoms with van der Waals surface area (Å²) in [5.41, 5.74) is 1.29. The molecule has 0 fully saturated rings. The molecule has 0 radical (unpaired) electrons. The number of para-hydroxylation sites is 2. The van der Waals surface area contributed by atoms with Crippen LogP contribution in [0.5, 0.6) is 11.5 Å². The Morgan fingerprint density at radius 3 is 2.20 bits per heavy atom. The van der Waals surface area contributed by atoms with Gasteiger partial charge in [-0.1, -0.05) is 42.0 Å². The van der Waals surface area contributed by atoms with Crippen LogP contribution in [0.3, 0.4) is 0 Å². The van der Waals surface area contributed by atoms with Gasteiger partial charge in [0, 0.05) is 12.1 Å². The Balaban J connectivity index is 2.08. The van der Waals surface area contributed by atoms with E-state index in [2.05, 4.69) is 5.32 Å². The quantitative estimate of drug-likeness (QED) is 0.357. The first-order valence-corrected chi connectivity index (χ1v) is 14.7. The maximum atomic E-state index is 14.1. The molecule has 0 saturated carbocycles. The number of carbonyl (C=O) groups is 2. The molecule has 0 aliphatic carbocycles. The first-order chi connectivity index (χ1) is 19.3. The van der Waals surface area contributed by atoms with Gasteiger partial charge in [0.05, 0.1) is 24.8 Å². The third-order valence-corrected chi connectivity index (χ3v) is 8.17. The van der Waals surface area contributed by atoms with Crippen molar-refractivity contribution < 1.29 is 27.5 Å². The number of aryl methyl sites for hydroxylation is 1. The molecule has 0 spiro atoms. The fraction of sp³-hybridized carbons (Fsp3) is 0.355. The Labute approximate surface area is 243 Å². The van der Waals surface area contributed by atoms with Crippen molar-refractivity contribution >= 4 is 27.5 Å². The lowest BCUT2D eigenvalue weighted by molar-refractivity contribution is -0.140. The first-order valence-electron chi connectivity index (χ1n) is 13.2. The predicted molar refractivity (Wildman–Crippen MR) is 160 cm³/mol. The van der Waals surface area contributed by atoms with E-state index in [1.807, 2.05) is 33.8 Å². The lowest BCUT2D eigenvalue weighted by atomic mass is 10.1. The number of hydrogen-bond acceptors (Lipinski definition) is 6. The van der Waals surface area contributed by atoms with Crippen LogP contribution < -0.4 is 19.1 Å². The Hall–Kier alpha value is -4.05. The zero-order valence-electron chi connectivity index (χ0n) is 24.7. The normalized spacial score (nSPS) is 12.3. The Bertz CT molecular complexity index is 1470. The highest BCUT2D eigenvalue weighted by Crippen LogP contribution is 2.32. The molecule has 3 rings (SSSR count). The van der Waals surface area contributed by atoms with Crippen molar-refractivity contribution in [1.82, 2.24) is 10.2 Å². The highest BCUT2D eigenvalue weighted by Gasteiger charge is 2.34. The Morgan fingerprint density at radius 2 is 1.59 bits per heavy atom. The molecule has 0 aliphatic heterocycles. The monoisotopic (exact) mass is 581 g/mol. The number of methoxy groups -OCH3 is 2. The number of ether oxygens (including phenoxy) is 2. The van der Waals surface area contributed by atoms with E-state index in [0.717, 1.165) is 15.4 Å². The predicted octanol–water partition coefficient (Wildman–Crippen LogP) is 4.54. The van der Waals surface area contributed by atoms with Gasteiger partial charge in [-0.15, -0.1) is 0 Å². The van der Waals surface area contributed by atoms with E-state index in [0.29, 0.717) is 5.75 Å². The summed E-state index contributed by atoms with van der Waals surface area (Å²) in [7, 11) is -1.23. The summed E-state index contributed by atoms with van der Waals surface area (Å²) in [6, 6.07) is 19.3. The molecule has 41 heavy (non-hydrogen) atoms. The molecule has 0 aromatic heterocycles. The number of rotatable bonds is 11. The van der Waals surface area contributed by atoms with Crippen molar-refractivity contribution in [2.24, 2.45) is 0 Å². The summed E-state index contributed by atoms with van der Waals surface area (Å²) >= 11 is 0. The number of nitrogens with one attached hydrogen (secondary N) is 1. The number of sulfonamides is 1. The third-order valence-electron chi connectivity index (χ3n) is 6.39. The summed E-state index contributed by atoms with van der Waals surface area (Å²) in [6.45, 7) is 8.53. The van der Waals surface area contributed by atoms with E-state index in [9.17, 15) is 18.0 Å². The molecular weight excluding hydrogens is 542 g/mol. The Kier molecular flexibility index (Phi) is 10.0. The highest BCUT2D eigenvalue weighted by molar-refractivity contribution is 7.92. The van der Waals surface area contributed by atoms with E-state index in [1.54, 1.807) is 68.6 Å². The number of amides is 2. The van der Waals surface area contributed by atoms with Gasteiger partial charge in [-0.3, -0.25) is 13.9 Å². The number of carbonyl (C=O) groups excluding carboxylic acids is 2. The summed E-state index contributed by atoms with van der Waals surface area (Å²) in [5, 5.41) is 2.92. The first kappa shape index (κ1) is 31.5. The van der Waals surface area contributed by atoms with E-state index >= 15 is 0 Å². The maximum absolute atomic E-state index is 14.1. The molecule has 9 nitrogen and oxygen atoms in total. The molecule has 3 aromatic rings. The minimum absolute atomic E-state index is 0.0275. The zero-order chi connectivity index (χ0) is 30.4. The van der Waals surface area contributed by atoms with Crippen LogP contribution in [0.25, 0.3) is 0 Å². The van der Waals surface area contributed by atoms with Crippen molar-refractivity contribution in [2.75, 3.05) is 25.1 Å². The molecule has 1 N–H and O–H groups in total. The molecule has 220 valence electrons. The molecule has 0 aliphatic rings. The molecular formula is C31H39N3O6S. The van der Waals surface area contributed by atoms with Crippen molar-refractivity contribution in [3.05, 3.63) is 83.9 Å². The molecule has 10 heteroatoms. The van der Waals surface area contributed by atoms with Crippen LogP contribution in [-0.2, 0) is 26.2 Å². The van der Waals surface area contributed by atoms with Crippen LogP contribution in [0.2, 0.25) is 0 Å². The van der Waals surface area contributed by atoms with Crippen molar-refractivity contribution in [3.63, 3.8) is 0 Å². The van der Waals surface area contributed by atoms with Gasteiger partial charge in [-0.05, 0) is 76.6 Å². The van der Waals surface area contributed by atoms with Crippen LogP contribution >= 0.6 is 0 Å². The summed E-state index contributed by atoms with van der Waals surface area (Å²) < 4.78 is 39.9. The average molecular weight is 582 g/mol. The molecule has 1 unspecified atom stereocenters. The number of benzene rings is 3. The Morgan fingerprint density at radius 1 is 0.927 bits per heavy atom. The lowest BCUT2D eigenvalue weighted by Crippen LogP contribution is -2.54. The van der Waals surface area contributed by atoms with Crippen LogP contribution in [-0.4, -0.2) is 57.5 Å². The summed E-state index contributed by atoms with van der Waals surface area (Å²) in [6.07, 6.45) is 0. The fourth-order valence-electron chi connectivity index (χ4n) is 4.21. The van der Waals surface area contributed by atoms with Crippen LogP contribution in [0.1, 0.15) is 38.8 Å². The van der Waals surface area contributed by atoms with Gasteiger partial charge < -0.3 is 19.7 Å². The van der Waals surface area contributed by atoms with Crippen molar-refractivity contribution in [3.8, 4) is 11.5 Å². The number of hydrogen-bond donors (Lipinski definition) is 1. The number of nitrogens with zero attached hydrogens (tertiary/aromatic N) is 2. The van der Waals surface area contributed by atoms with Gasteiger partial charge in [-0.2, -0.15) is 0 Å². The standard InChI is InChI=1S/C31H39N3O6S/c1-22-15-17-26(18-16-22)41(37,38)34(27-13-8-9-14-28(27)40-7)21-29(35)33(23(2)30(36)32-31(3,4)5)20-24-11-10-12-25(19-24)39-6/h8-19,23H,20-21H2,1-7H3,(H,32,36). The van der Waals surface area contributed by atoms with Gasteiger partial charge in [0.15, 0.2) is 0 Å². The second kappa shape index (κ2) is 13.1. The largest absolute Gasteiger partial charge is 0.497 e. The van der Waals surface area contributed by atoms with Gasteiger partial charge in [0.25, 0.3) is 10.0 Å². The molecule has 0 heterocycles. The van der Waals surface area contributed by atoms with Gasteiger partial charge >= 0.3 is 0 Å². The van der Waals surface area contributed by atoms with Gasteiger partial charge in [0.1, 0.15) is 24.1 Å². The van der Waals surface area contributed by atoms with Crippen LogP contribution in [0.15, 0.2) is 77.7 Å². The van der Waals surface area contributed by atoms with Gasteiger partial charge in [0.2, 0.25) is 11.8 Å². The molecule has 0 saturated heterocycles.